The molecule has 132 valence electrons. The third-order valence-corrected chi connectivity index (χ3v) is 3.71. The highest BCUT2D eigenvalue weighted by atomic mass is 16.3. The molecule has 25 heavy (non-hydrogen) atoms. The second-order valence-corrected chi connectivity index (χ2v) is 5.49. The Balaban J connectivity index is 2.04. The van der Waals surface area contributed by atoms with E-state index in [2.05, 4.69) is 21.1 Å². The smallest absolute Gasteiger partial charge is 0.142 e. The Morgan fingerprint density at radius 3 is 2.56 bits per heavy atom. The lowest BCUT2D eigenvalue weighted by molar-refractivity contribution is 0.474. The monoisotopic (exact) mass is 339 g/mol. The fourth-order valence-corrected chi connectivity index (χ4v) is 2.39. The molecule has 2 aromatic rings. The fraction of sp³-hybridized carbons (Fsp3) is 0.211. The first-order chi connectivity index (χ1) is 12.0. The molecule has 0 unspecified atom stereocenters. The van der Waals surface area contributed by atoms with Gasteiger partial charge in [-0.25, -0.2) is 4.99 Å². The van der Waals surface area contributed by atoms with Gasteiger partial charge in [0.05, 0.1) is 5.69 Å². The average Bonchev–Trinajstić information content (AvgIpc) is 2.61. The Morgan fingerprint density at radius 1 is 1.12 bits per heavy atom. The summed E-state index contributed by atoms with van der Waals surface area (Å²) in [5.41, 5.74) is 6.76. The third kappa shape index (κ3) is 4.91. The topological polar surface area (TPSA) is 71.9 Å². The molecule has 4 N–H and O–H groups in total. The van der Waals surface area contributed by atoms with Crippen LogP contribution in [-0.4, -0.2) is 32.1 Å². The van der Waals surface area contributed by atoms with Gasteiger partial charge in [0.15, 0.2) is 0 Å². The first-order valence-electron chi connectivity index (χ1n) is 8.04. The summed E-state index contributed by atoms with van der Waals surface area (Å²) in [7, 11) is 5.53. The van der Waals surface area contributed by atoms with Crippen LogP contribution < -0.4 is 21.1 Å². The maximum Gasteiger partial charge on any atom is 0.142 e. The zero-order valence-electron chi connectivity index (χ0n) is 15.0. The molecule has 0 fully saturated rings. The summed E-state index contributed by atoms with van der Waals surface area (Å²) in [6, 6.07) is 13.4. The standard InChI is InChI=1S/C19H25N5O/c1-14(22-12-11-15-7-5-6-8-17(15)21-3)23-24(4)18-10-9-16(20-2)13-19(18)25/h5-13,20-21,25H,1-4H3,(H,22,23)/b12-11-. The molecule has 0 aliphatic carbocycles. The van der Waals surface area contributed by atoms with E-state index in [0.29, 0.717) is 11.5 Å². The first-order valence-corrected chi connectivity index (χ1v) is 8.04. The van der Waals surface area contributed by atoms with Gasteiger partial charge in [0, 0.05) is 44.8 Å². The summed E-state index contributed by atoms with van der Waals surface area (Å²) in [6.07, 6.45) is 3.69. The maximum absolute atomic E-state index is 10.1. The van der Waals surface area contributed by atoms with Gasteiger partial charge < -0.3 is 15.7 Å². The summed E-state index contributed by atoms with van der Waals surface area (Å²) >= 11 is 0. The highest BCUT2D eigenvalue weighted by molar-refractivity contribution is 5.83. The van der Waals surface area contributed by atoms with Crippen LogP contribution in [0.1, 0.15) is 12.5 Å². The van der Waals surface area contributed by atoms with E-state index in [0.717, 1.165) is 16.9 Å². The van der Waals surface area contributed by atoms with Crippen molar-refractivity contribution in [3.63, 3.8) is 0 Å². The zero-order chi connectivity index (χ0) is 18.2. The second-order valence-electron chi connectivity index (χ2n) is 5.49. The Kier molecular flexibility index (Phi) is 6.28. The van der Waals surface area contributed by atoms with E-state index in [9.17, 15) is 5.11 Å². The Labute approximate surface area is 148 Å². The van der Waals surface area contributed by atoms with Crippen LogP contribution in [0, 0.1) is 0 Å². The van der Waals surface area contributed by atoms with Crippen molar-refractivity contribution in [2.24, 2.45) is 4.99 Å². The molecule has 0 aromatic heterocycles. The Hall–Kier alpha value is -3.15. The number of hydrogen-bond acceptors (Lipinski definition) is 5. The molecule has 6 nitrogen and oxygen atoms in total. The quantitative estimate of drug-likeness (QED) is 0.368. The van der Waals surface area contributed by atoms with E-state index in [1.807, 2.05) is 70.5 Å². The highest BCUT2D eigenvalue weighted by Gasteiger charge is 2.07. The molecule has 2 aromatic carbocycles. The Morgan fingerprint density at radius 2 is 1.88 bits per heavy atom. The number of aliphatic imine (C=N–C) groups is 1. The van der Waals surface area contributed by atoms with E-state index in [4.69, 9.17) is 0 Å². The summed E-state index contributed by atoms with van der Waals surface area (Å²) in [4.78, 5) is 4.39. The predicted octanol–water partition coefficient (Wildman–Crippen LogP) is 3.51. The molecular formula is C19H25N5O. The van der Waals surface area contributed by atoms with Crippen LogP contribution in [0.3, 0.4) is 0 Å². The molecule has 0 spiro atoms. The van der Waals surface area contributed by atoms with Crippen molar-refractivity contribution in [1.82, 2.24) is 5.43 Å². The van der Waals surface area contributed by atoms with Crippen molar-refractivity contribution in [1.29, 1.82) is 0 Å². The number of amidine groups is 1. The summed E-state index contributed by atoms with van der Waals surface area (Å²) in [6.45, 7) is 1.86. The number of phenolic OH excluding ortho intramolecular Hbond substituents is 1. The third-order valence-electron chi connectivity index (χ3n) is 3.71. The molecule has 0 radical (unpaired) electrons. The number of hydrazine groups is 1. The number of hydrogen-bond donors (Lipinski definition) is 4. The molecule has 0 aliphatic rings. The molecule has 0 saturated carbocycles. The van der Waals surface area contributed by atoms with Crippen molar-refractivity contribution >= 4 is 29.0 Å². The molecule has 0 atom stereocenters. The SMILES string of the molecule is CNc1ccc(N(C)NC(C)=N/C=C\c2ccccc2NC)c(O)c1. The van der Waals surface area contributed by atoms with E-state index in [-0.39, 0.29) is 5.75 Å². The maximum atomic E-state index is 10.1. The lowest BCUT2D eigenvalue weighted by Gasteiger charge is -2.22. The van der Waals surface area contributed by atoms with Gasteiger partial charge in [0.2, 0.25) is 0 Å². The van der Waals surface area contributed by atoms with Crippen LogP contribution in [0.25, 0.3) is 6.08 Å². The largest absolute Gasteiger partial charge is 0.506 e. The van der Waals surface area contributed by atoms with Crippen molar-refractivity contribution in [3.05, 3.63) is 54.2 Å². The number of phenols is 1. The van der Waals surface area contributed by atoms with Crippen LogP contribution in [0.15, 0.2) is 53.7 Å². The minimum absolute atomic E-state index is 0.188. The normalized spacial score (nSPS) is 11.4. The van der Waals surface area contributed by atoms with Crippen molar-refractivity contribution in [2.75, 3.05) is 36.8 Å². The van der Waals surface area contributed by atoms with Crippen molar-refractivity contribution in [2.45, 2.75) is 6.92 Å². The Bertz CT molecular complexity index is 770. The number of para-hydroxylation sites is 1. The van der Waals surface area contributed by atoms with Gasteiger partial charge in [0.25, 0.3) is 0 Å². The average molecular weight is 339 g/mol. The van der Waals surface area contributed by atoms with Gasteiger partial charge in [-0.2, -0.15) is 0 Å². The van der Waals surface area contributed by atoms with E-state index < -0.39 is 0 Å². The summed E-state index contributed by atoms with van der Waals surface area (Å²) < 4.78 is 0. The molecule has 0 heterocycles. The lowest BCUT2D eigenvalue weighted by atomic mass is 10.2. The van der Waals surface area contributed by atoms with Gasteiger partial charge in [0.1, 0.15) is 11.6 Å². The molecule has 0 saturated heterocycles. The fourth-order valence-electron chi connectivity index (χ4n) is 2.39. The molecule has 6 heteroatoms. The highest BCUT2D eigenvalue weighted by Crippen LogP contribution is 2.28. The molecular weight excluding hydrogens is 314 g/mol. The summed E-state index contributed by atoms with van der Waals surface area (Å²) in [5, 5.41) is 18.0. The van der Waals surface area contributed by atoms with Gasteiger partial charge in [-0.1, -0.05) is 18.2 Å². The van der Waals surface area contributed by atoms with Gasteiger partial charge in [-0.3, -0.25) is 10.4 Å². The van der Waals surface area contributed by atoms with Gasteiger partial charge >= 0.3 is 0 Å². The minimum atomic E-state index is 0.188. The zero-order valence-corrected chi connectivity index (χ0v) is 15.0. The number of aromatic hydroxyl groups is 1. The number of benzene rings is 2. The van der Waals surface area contributed by atoms with Crippen molar-refractivity contribution < 1.29 is 5.11 Å². The first kappa shape index (κ1) is 18.2. The van der Waals surface area contributed by atoms with E-state index in [1.165, 1.54) is 0 Å². The summed E-state index contributed by atoms with van der Waals surface area (Å²) in [5.74, 6) is 0.894. The molecule has 0 amide bonds. The van der Waals surface area contributed by atoms with E-state index in [1.54, 1.807) is 17.3 Å². The number of rotatable bonds is 6. The van der Waals surface area contributed by atoms with Crippen LogP contribution in [0.5, 0.6) is 5.75 Å². The van der Waals surface area contributed by atoms with Crippen LogP contribution >= 0.6 is 0 Å². The van der Waals surface area contributed by atoms with Gasteiger partial charge in [-0.15, -0.1) is 0 Å². The van der Waals surface area contributed by atoms with Crippen LogP contribution in [-0.2, 0) is 0 Å². The number of nitrogens with zero attached hydrogens (tertiary/aromatic N) is 2. The molecule has 0 bridgehead atoms. The number of nitrogens with one attached hydrogen (secondary N) is 3. The predicted molar refractivity (Wildman–Crippen MR) is 107 cm³/mol. The van der Waals surface area contributed by atoms with Crippen LogP contribution in [0.4, 0.5) is 17.1 Å². The number of anilines is 3. The molecule has 0 aliphatic heterocycles. The second kappa shape index (κ2) is 8.63. The minimum Gasteiger partial charge on any atom is -0.506 e. The van der Waals surface area contributed by atoms with Crippen LogP contribution in [0.2, 0.25) is 0 Å². The van der Waals surface area contributed by atoms with E-state index >= 15 is 0 Å². The van der Waals surface area contributed by atoms with Crippen molar-refractivity contribution in [3.8, 4) is 5.75 Å². The van der Waals surface area contributed by atoms with Gasteiger partial charge in [-0.05, 0) is 36.8 Å². The molecule has 2 rings (SSSR count). The lowest BCUT2D eigenvalue weighted by Crippen LogP contribution is -2.37.